The van der Waals surface area contributed by atoms with Crippen LogP contribution >= 0.6 is 0 Å². The second-order valence-corrected chi connectivity index (χ2v) is 8.84. The molecule has 1 saturated heterocycles. The van der Waals surface area contributed by atoms with Gasteiger partial charge in [-0.25, -0.2) is 4.79 Å². The molecule has 0 aromatic heterocycles. The fourth-order valence-electron chi connectivity index (χ4n) is 5.73. The third-order valence-corrected chi connectivity index (χ3v) is 7.26. The number of rotatable bonds is 4. The summed E-state index contributed by atoms with van der Waals surface area (Å²) in [5.41, 5.74) is 0.725. The number of alkyl carbamates (subject to hydrolysis) is 1. The summed E-state index contributed by atoms with van der Waals surface area (Å²) in [5, 5.41) is 2.81. The van der Waals surface area contributed by atoms with Gasteiger partial charge in [-0.3, -0.25) is 0 Å². The topological polar surface area (TPSA) is 56.8 Å². The minimum Gasteiger partial charge on any atom is -0.487 e. The maximum absolute atomic E-state index is 12.0. The summed E-state index contributed by atoms with van der Waals surface area (Å²) >= 11 is 0. The number of benzene rings is 1. The van der Waals surface area contributed by atoms with Gasteiger partial charge in [-0.15, -0.1) is 0 Å². The van der Waals surface area contributed by atoms with Gasteiger partial charge in [0.05, 0.1) is 12.7 Å². The average Bonchev–Trinajstić information content (AvgIpc) is 2.64. The molecule has 4 rings (SSSR count). The van der Waals surface area contributed by atoms with E-state index in [1.807, 2.05) is 25.1 Å². The van der Waals surface area contributed by atoms with Crippen LogP contribution < -0.4 is 10.1 Å². The highest BCUT2D eigenvalue weighted by atomic mass is 16.6. The minimum atomic E-state index is -0.327. The Morgan fingerprint density at radius 3 is 2.89 bits per heavy atom. The van der Waals surface area contributed by atoms with Gasteiger partial charge in [-0.1, -0.05) is 39.0 Å². The molecule has 2 heterocycles. The highest BCUT2D eigenvalue weighted by Crippen LogP contribution is 2.63. The lowest BCUT2D eigenvalue weighted by atomic mass is 9.50. The van der Waals surface area contributed by atoms with Crippen molar-refractivity contribution in [1.82, 2.24) is 5.32 Å². The van der Waals surface area contributed by atoms with Gasteiger partial charge in [0, 0.05) is 23.4 Å². The molecule has 6 atom stereocenters. The van der Waals surface area contributed by atoms with Crippen molar-refractivity contribution in [3.8, 4) is 5.75 Å². The summed E-state index contributed by atoms with van der Waals surface area (Å²) < 4.78 is 18.7. The Morgan fingerprint density at radius 2 is 2.11 bits per heavy atom. The highest BCUT2D eigenvalue weighted by molar-refractivity contribution is 5.67. The Kier molecular flexibility index (Phi) is 4.61. The monoisotopic (exact) mass is 373 g/mol. The van der Waals surface area contributed by atoms with Crippen LogP contribution in [0.4, 0.5) is 4.79 Å². The van der Waals surface area contributed by atoms with E-state index < -0.39 is 0 Å². The summed E-state index contributed by atoms with van der Waals surface area (Å²) in [4.78, 5) is 12.0. The van der Waals surface area contributed by atoms with Crippen molar-refractivity contribution in [3.05, 3.63) is 29.8 Å². The zero-order chi connectivity index (χ0) is 19.2. The number of nitrogens with one attached hydrogen (secondary N) is 1. The van der Waals surface area contributed by atoms with E-state index in [1.165, 1.54) is 0 Å². The van der Waals surface area contributed by atoms with Crippen LogP contribution in [0.2, 0.25) is 0 Å². The Bertz CT molecular complexity index is 722. The first-order valence-corrected chi connectivity index (χ1v) is 10.2. The first-order valence-electron chi connectivity index (χ1n) is 10.2. The number of fused-ring (bicyclic) bond motifs is 3. The van der Waals surface area contributed by atoms with E-state index in [0.29, 0.717) is 31.6 Å². The average molecular weight is 373 g/mol. The van der Waals surface area contributed by atoms with Gasteiger partial charge in [0.25, 0.3) is 0 Å². The molecule has 0 spiro atoms. The van der Waals surface area contributed by atoms with Gasteiger partial charge in [0.1, 0.15) is 18.0 Å². The van der Waals surface area contributed by atoms with Gasteiger partial charge in [-0.05, 0) is 37.7 Å². The smallest absolute Gasteiger partial charge is 0.407 e. The molecule has 1 aromatic rings. The maximum atomic E-state index is 12.0. The number of amides is 1. The molecule has 148 valence electrons. The minimum absolute atomic E-state index is 0.0458. The highest BCUT2D eigenvalue weighted by Gasteiger charge is 2.64. The molecule has 1 aromatic carbocycles. The van der Waals surface area contributed by atoms with Crippen LogP contribution in [0.25, 0.3) is 0 Å². The molecule has 1 unspecified atom stereocenters. The van der Waals surface area contributed by atoms with Crippen LogP contribution in [0.1, 0.15) is 52.2 Å². The molecule has 1 saturated carbocycles. The Morgan fingerprint density at radius 1 is 1.33 bits per heavy atom. The fourth-order valence-corrected chi connectivity index (χ4v) is 5.73. The predicted molar refractivity (Wildman–Crippen MR) is 103 cm³/mol. The molecule has 2 fully saturated rings. The lowest BCUT2D eigenvalue weighted by Crippen LogP contribution is -2.66. The Hall–Kier alpha value is -1.75. The van der Waals surface area contributed by atoms with Crippen LogP contribution in [-0.4, -0.2) is 31.5 Å². The molecule has 2 bridgehead atoms. The molecule has 2 aliphatic heterocycles. The van der Waals surface area contributed by atoms with Gasteiger partial charge < -0.3 is 19.5 Å². The third kappa shape index (κ3) is 2.82. The van der Waals surface area contributed by atoms with Gasteiger partial charge in [-0.2, -0.15) is 0 Å². The molecule has 5 heteroatoms. The summed E-state index contributed by atoms with van der Waals surface area (Å²) in [6.45, 7) is 10.4. The molecular formula is C22H31NO4. The van der Waals surface area contributed by atoms with Gasteiger partial charge >= 0.3 is 6.09 Å². The molecule has 1 N–H and O–H groups in total. The molecular weight excluding hydrogens is 342 g/mol. The molecule has 1 aliphatic carbocycles. The van der Waals surface area contributed by atoms with E-state index in [4.69, 9.17) is 14.2 Å². The zero-order valence-corrected chi connectivity index (χ0v) is 16.8. The molecule has 5 nitrogen and oxygen atoms in total. The first kappa shape index (κ1) is 18.6. The normalized spacial score (nSPS) is 39.1. The number of hydrogen-bond donors (Lipinski definition) is 1. The largest absolute Gasteiger partial charge is 0.487 e. The number of para-hydroxylation sites is 1. The van der Waals surface area contributed by atoms with E-state index in [2.05, 4.69) is 32.2 Å². The van der Waals surface area contributed by atoms with Crippen molar-refractivity contribution in [2.24, 2.45) is 23.2 Å². The van der Waals surface area contributed by atoms with E-state index in [-0.39, 0.29) is 29.1 Å². The van der Waals surface area contributed by atoms with Crippen LogP contribution in [-0.2, 0) is 9.47 Å². The lowest BCUT2D eigenvalue weighted by Gasteiger charge is -2.63. The quantitative estimate of drug-likeness (QED) is 0.854. The Labute approximate surface area is 161 Å². The van der Waals surface area contributed by atoms with Crippen molar-refractivity contribution in [3.63, 3.8) is 0 Å². The van der Waals surface area contributed by atoms with Gasteiger partial charge in [0.2, 0.25) is 0 Å². The van der Waals surface area contributed by atoms with Crippen molar-refractivity contribution in [2.45, 2.75) is 52.2 Å². The summed E-state index contributed by atoms with van der Waals surface area (Å²) in [7, 11) is 0. The third-order valence-electron chi connectivity index (χ3n) is 7.26. The maximum Gasteiger partial charge on any atom is 0.407 e. The number of carbonyl (C=O) groups is 1. The Balaban J connectivity index is 1.61. The van der Waals surface area contributed by atoms with E-state index >= 15 is 0 Å². The van der Waals surface area contributed by atoms with Crippen molar-refractivity contribution in [1.29, 1.82) is 0 Å². The molecule has 3 aliphatic rings. The fraction of sp³-hybridized carbons (Fsp3) is 0.682. The van der Waals surface area contributed by atoms with E-state index in [0.717, 1.165) is 24.2 Å². The summed E-state index contributed by atoms with van der Waals surface area (Å²) in [6, 6.07) is 8.24. The van der Waals surface area contributed by atoms with E-state index in [9.17, 15) is 4.79 Å². The lowest BCUT2D eigenvalue weighted by molar-refractivity contribution is -0.259. The van der Waals surface area contributed by atoms with Crippen molar-refractivity contribution in [2.75, 3.05) is 19.8 Å². The van der Waals surface area contributed by atoms with Crippen molar-refractivity contribution < 1.29 is 19.0 Å². The van der Waals surface area contributed by atoms with E-state index in [1.54, 1.807) is 0 Å². The zero-order valence-electron chi connectivity index (χ0n) is 16.8. The van der Waals surface area contributed by atoms with Crippen LogP contribution in [0.3, 0.4) is 0 Å². The predicted octanol–water partition coefficient (Wildman–Crippen LogP) is 4.32. The summed E-state index contributed by atoms with van der Waals surface area (Å²) in [5.74, 6) is 1.86. The molecule has 1 amide bonds. The molecule has 27 heavy (non-hydrogen) atoms. The summed E-state index contributed by atoms with van der Waals surface area (Å²) in [6.07, 6.45) is 1.56. The SMILES string of the molecule is CCCNC(=O)OCC12CO[C@H]3c4ccccc4O[C@@](C)(C[C@H]1C)[C@H]3[C@H]2C. The van der Waals surface area contributed by atoms with Crippen LogP contribution in [0, 0.1) is 23.2 Å². The van der Waals surface area contributed by atoms with Crippen LogP contribution in [0.15, 0.2) is 24.3 Å². The van der Waals surface area contributed by atoms with Gasteiger partial charge in [0.15, 0.2) is 0 Å². The number of ether oxygens (including phenoxy) is 3. The second-order valence-electron chi connectivity index (χ2n) is 8.84. The second kappa shape index (κ2) is 6.69. The number of hydrogen-bond acceptors (Lipinski definition) is 4. The molecule has 0 radical (unpaired) electrons. The van der Waals surface area contributed by atoms with Crippen molar-refractivity contribution >= 4 is 6.09 Å². The standard InChI is InChI=1S/C22H31NO4/c1-5-10-23-20(24)26-13-22-12-25-19-16-8-6-7-9-17(16)27-21(4,11-14(22)2)18(19)15(22)3/h6-9,14-15,18-19H,5,10-13H2,1-4H3,(H,23,24)/t14-,15-,18+,19+,21+,22?/m1/s1. The van der Waals surface area contributed by atoms with Crippen LogP contribution in [0.5, 0.6) is 5.75 Å². The number of carbonyl (C=O) groups excluding carboxylic acids is 1. The first-order chi connectivity index (χ1) is 12.9.